The molecular formula is H7BiCaFeMg. The van der Waals surface area contributed by atoms with Crippen LogP contribution in [-0.4, -0.2) is 87.0 Å². The number of rotatable bonds is 0. The van der Waals surface area contributed by atoms with Crippen molar-refractivity contribution in [1.29, 1.82) is 0 Å². The molecule has 0 amide bonds. The molecule has 0 bridgehead atoms. The summed E-state index contributed by atoms with van der Waals surface area (Å²) in [6, 6.07) is 0. The van der Waals surface area contributed by atoms with E-state index in [1.165, 1.54) is 0 Å². The van der Waals surface area contributed by atoms with Crippen LogP contribution in [0.1, 0.15) is 0 Å². The fraction of sp³-hybridized carbons (Fsp3) is 0. The molecule has 0 aliphatic carbocycles. The van der Waals surface area contributed by atoms with Crippen molar-refractivity contribution in [2.75, 3.05) is 0 Å². The van der Waals surface area contributed by atoms with Gasteiger partial charge in [-0.15, -0.1) is 0 Å². The van der Waals surface area contributed by atoms with Gasteiger partial charge in [0.2, 0.25) is 0 Å². The molecule has 4 heteroatoms. The van der Waals surface area contributed by atoms with E-state index < -0.39 is 0 Å². The summed E-state index contributed by atoms with van der Waals surface area (Å²) in [7, 11) is 0. The van der Waals surface area contributed by atoms with Crippen molar-refractivity contribution in [1.82, 2.24) is 0 Å². The zero-order valence-corrected chi connectivity index (χ0v) is 7.66. The minimum atomic E-state index is 0. The van der Waals surface area contributed by atoms with Crippen LogP contribution in [0.15, 0.2) is 0 Å². The Balaban J connectivity index is 0. The molecule has 0 rings (SSSR count). The summed E-state index contributed by atoms with van der Waals surface area (Å²) in [5, 5.41) is 0. The van der Waals surface area contributed by atoms with E-state index in [0.29, 0.717) is 0 Å². The van der Waals surface area contributed by atoms with Crippen LogP contribution in [-0.2, 0) is 17.1 Å². The van der Waals surface area contributed by atoms with Gasteiger partial charge in [-0.3, -0.25) is 0 Å². The Morgan fingerprint density at radius 1 is 1.00 bits per heavy atom. The van der Waals surface area contributed by atoms with E-state index in [0.717, 1.165) is 0 Å². The molecule has 0 fully saturated rings. The maximum absolute atomic E-state index is 0. The zero-order chi connectivity index (χ0) is 0. The first-order valence-corrected chi connectivity index (χ1v) is 0. The molecule has 0 aromatic rings. The molecule has 0 unspecified atom stereocenters. The van der Waals surface area contributed by atoms with Crippen LogP contribution in [0.2, 0.25) is 0 Å². The molecule has 0 nitrogen and oxygen atoms in total. The van der Waals surface area contributed by atoms with Crippen LogP contribution >= 0.6 is 0 Å². The van der Waals surface area contributed by atoms with Crippen molar-refractivity contribution in [3.8, 4) is 0 Å². The Labute approximate surface area is 102 Å². The van der Waals surface area contributed by atoms with Gasteiger partial charge in [-0.05, 0) is 0 Å². The molecule has 0 atom stereocenters. The quantitative estimate of drug-likeness (QED) is 0.413. The largest absolute Gasteiger partial charge is 0.316 e. The molecule has 4 heavy (non-hydrogen) atoms. The van der Waals surface area contributed by atoms with E-state index in [2.05, 4.69) is 0 Å². The molecule has 0 aromatic carbocycles. The Morgan fingerprint density at radius 3 is 1.00 bits per heavy atom. The van der Waals surface area contributed by atoms with Gasteiger partial charge < -0.3 is 0 Å². The second kappa shape index (κ2) is 16.1. The summed E-state index contributed by atoms with van der Waals surface area (Å²) in [6.07, 6.45) is 0. The van der Waals surface area contributed by atoms with Crippen molar-refractivity contribution >= 4 is 87.0 Å². The minimum absolute atomic E-state index is 0. The molecular weight excluding hydrogens is 329 g/mol. The average Bonchev–Trinajstić information content (AvgIpc) is 0. The van der Waals surface area contributed by atoms with Crippen molar-refractivity contribution in [3.05, 3.63) is 0 Å². The van der Waals surface area contributed by atoms with Crippen molar-refractivity contribution in [3.63, 3.8) is 0 Å². The summed E-state index contributed by atoms with van der Waals surface area (Å²) in [5.74, 6) is 0. The van der Waals surface area contributed by atoms with Gasteiger partial charge in [0.25, 0.3) is 0 Å². The fourth-order valence-electron chi connectivity index (χ4n) is 0. The third-order valence-electron chi connectivity index (χ3n) is 0. The molecule has 24 valence electrons. The molecule has 0 spiro atoms. The van der Waals surface area contributed by atoms with Gasteiger partial charge >= 0.3 is 87.0 Å². The van der Waals surface area contributed by atoms with Crippen LogP contribution in [0.25, 0.3) is 0 Å². The standard InChI is InChI=1S/Bi.Ca.Fe.Mg.7H. The third kappa shape index (κ3) is 9.06. The summed E-state index contributed by atoms with van der Waals surface area (Å²) in [6.45, 7) is 0. The van der Waals surface area contributed by atoms with Gasteiger partial charge in [0.1, 0.15) is 0 Å². The Morgan fingerprint density at radius 2 is 1.00 bits per heavy atom. The maximum atomic E-state index is 0. The van der Waals surface area contributed by atoms with E-state index in [1.54, 1.807) is 0 Å². The van der Waals surface area contributed by atoms with Crippen molar-refractivity contribution in [2.24, 2.45) is 0 Å². The van der Waals surface area contributed by atoms with Gasteiger partial charge in [-0.25, -0.2) is 0 Å². The van der Waals surface area contributed by atoms with Crippen LogP contribution < -0.4 is 0 Å². The van der Waals surface area contributed by atoms with E-state index >= 15 is 0 Å². The van der Waals surface area contributed by atoms with Gasteiger partial charge in [0.05, 0.1) is 0 Å². The van der Waals surface area contributed by atoms with E-state index in [9.17, 15) is 0 Å². The predicted octanol–water partition coefficient (Wildman–Crippen LogP) is -3.02. The van der Waals surface area contributed by atoms with Crippen LogP contribution in [0, 0.1) is 0 Å². The molecule has 0 radical (unpaired) electrons. The first-order chi connectivity index (χ1) is 0. The summed E-state index contributed by atoms with van der Waals surface area (Å²) in [4.78, 5) is 0. The molecule has 0 N–H and O–H groups in total. The molecule has 0 saturated heterocycles. The average molecular weight is 336 g/mol. The maximum Gasteiger partial charge on any atom is 0.316 e. The summed E-state index contributed by atoms with van der Waals surface area (Å²) < 4.78 is 0. The molecule has 0 aromatic heterocycles. The SMILES string of the molecule is [BiH3].[CaH2].[Fe].[MgH2]. The molecule has 0 heterocycles. The summed E-state index contributed by atoms with van der Waals surface area (Å²) >= 11 is 0. The van der Waals surface area contributed by atoms with Gasteiger partial charge in [-0.1, -0.05) is 0 Å². The Kier molecular flexibility index (Phi) is 105. The topological polar surface area (TPSA) is 0 Å². The zero-order valence-electron chi connectivity index (χ0n) is 1.06. The monoisotopic (exact) mass is 336 g/mol. The molecule has 0 aliphatic rings. The molecule has 0 saturated carbocycles. The van der Waals surface area contributed by atoms with Gasteiger partial charge in [-0.2, -0.15) is 0 Å². The van der Waals surface area contributed by atoms with Gasteiger partial charge in [0.15, 0.2) is 0 Å². The first-order valence-electron chi connectivity index (χ1n) is 0. The van der Waals surface area contributed by atoms with Crippen molar-refractivity contribution in [2.45, 2.75) is 0 Å². The van der Waals surface area contributed by atoms with E-state index in [-0.39, 0.29) is 104 Å². The van der Waals surface area contributed by atoms with Gasteiger partial charge in [0, 0.05) is 17.1 Å². The number of hydrogen-bond acceptors (Lipinski definition) is 0. The normalized spacial score (nSPS) is 0. The first kappa shape index (κ1) is 26.1. The minimum Gasteiger partial charge on any atom is 0 e. The van der Waals surface area contributed by atoms with E-state index in [4.69, 9.17) is 0 Å². The van der Waals surface area contributed by atoms with Crippen LogP contribution in [0.3, 0.4) is 0 Å². The Bertz CT molecular complexity index is 8.00. The van der Waals surface area contributed by atoms with E-state index in [1.807, 2.05) is 0 Å². The second-order valence-electron chi connectivity index (χ2n) is 0. The summed E-state index contributed by atoms with van der Waals surface area (Å²) in [5.41, 5.74) is 0. The molecule has 0 aliphatic heterocycles. The van der Waals surface area contributed by atoms with Crippen LogP contribution in [0.4, 0.5) is 0 Å². The van der Waals surface area contributed by atoms with Crippen LogP contribution in [0.5, 0.6) is 0 Å². The fourth-order valence-corrected chi connectivity index (χ4v) is 0. The predicted molar refractivity (Wildman–Crippen MR) is 27.0 cm³/mol. The third-order valence-corrected chi connectivity index (χ3v) is 0. The van der Waals surface area contributed by atoms with Crippen molar-refractivity contribution < 1.29 is 17.1 Å². The number of hydrogen-bond donors (Lipinski definition) is 0. The second-order valence-corrected chi connectivity index (χ2v) is 0. The smallest absolute Gasteiger partial charge is 0 e. The Hall–Kier alpha value is 3.43.